The maximum Gasteiger partial charge on any atom is 0.0355 e. The molecule has 0 amide bonds. The second kappa shape index (κ2) is 9.13. The SMILES string of the molecule is C=Cc1sc2ccc(-c3cccc(-c4ccc5c6ccccc6c6ccccc6c5c4)c3)cc2c1/C=C\C. The second-order valence-corrected chi connectivity index (χ2v) is 10.8. The molecule has 0 N–H and O–H groups in total. The van der Waals surface area contributed by atoms with Gasteiger partial charge in [0.1, 0.15) is 0 Å². The highest BCUT2D eigenvalue weighted by Crippen LogP contribution is 2.39. The van der Waals surface area contributed by atoms with Crippen LogP contribution in [0, 0.1) is 0 Å². The first-order valence-corrected chi connectivity index (χ1v) is 13.8. The molecule has 0 aliphatic heterocycles. The van der Waals surface area contributed by atoms with Crippen molar-refractivity contribution in [2.75, 3.05) is 0 Å². The lowest BCUT2D eigenvalue weighted by Gasteiger charge is -2.12. The number of fused-ring (bicyclic) bond motifs is 7. The van der Waals surface area contributed by atoms with E-state index in [9.17, 15) is 0 Å². The minimum absolute atomic E-state index is 1.22. The summed E-state index contributed by atoms with van der Waals surface area (Å²) in [5.74, 6) is 0. The number of hydrogen-bond donors (Lipinski definition) is 0. The molecule has 7 rings (SSSR count). The minimum atomic E-state index is 1.22. The third-order valence-corrected chi connectivity index (χ3v) is 8.73. The fourth-order valence-electron chi connectivity index (χ4n) is 5.77. The molecule has 1 aromatic heterocycles. The second-order valence-electron chi connectivity index (χ2n) is 9.73. The van der Waals surface area contributed by atoms with Gasteiger partial charge in [-0.2, -0.15) is 0 Å². The Hall–Kier alpha value is -4.46. The van der Waals surface area contributed by atoms with Gasteiger partial charge in [-0.25, -0.2) is 0 Å². The van der Waals surface area contributed by atoms with Crippen molar-refractivity contribution < 1.29 is 0 Å². The average molecular weight is 503 g/mol. The third-order valence-electron chi connectivity index (χ3n) is 7.55. The summed E-state index contributed by atoms with van der Waals surface area (Å²) in [4.78, 5) is 1.22. The fourth-order valence-corrected chi connectivity index (χ4v) is 6.79. The van der Waals surface area contributed by atoms with Gasteiger partial charge in [-0.3, -0.25) is 0 Å². The standard InChI is InChI=1S/C37H26S/c1-3-10-33-35-23-27(18-20-37(35)38-36(33)4-2)25-12-9-11-24(21-25)26-17-19-32-30-15-6-5-13-28(30)29-14-7-8-16-31(29)34(32)22-26/h3-23H,2H2,1H3/b10-3-. The van der Waals surface area contributed by atoms with Crippen molar-refractivity contribution in [1.29, 1.82) is 0 Å². The summed E-state index contributed by atoms with van der Waals surface area (Å²) in [5, 5.41) is 9.12. The molecule has 0 nitrogen and oxygen atoms in total. The van der Waals surface area contributed by atoms with Crippen LogP contribution >= 0.6 is 11.3 Å². The molecule has 6 aromatic carbocycles. The molecule has 0 saturated heterocycles. The first-order valence-electron chi connectivity index (χ1n) is 13.0. The van der Waals surface area contributed by atoms with Gasteiger partial charge >= 0.3 is 0 Å². The highest BCUT2D eigenvalue weighted by Gasteiger charge is 2.12. The molecular weight excluding hydrogens is 476 g/mol. The number of thiophene rings is 1. The molecule has 0 unspecified atom stereocenters. The monoisotopic (exact) mass is 502 g/mol. The van der Waals surface area contributed by atoms with Gasteiger partial charge in [0.2, 0.25) is 0 Å². The van der Waals surface area contributed by atoms with Gasteiger partial charge in [0.25, 0.3) is 0 Å². The summed E-state index contributed by atoms with van der Waals surface area (Å²) in [6.07, 6.45) is 6.26. The highest BCUT2D eigenvalue weighted by atomic mass is 32.1. The van der Waals surface area contributed by atoms with Gasteiger partial charge in [0, 0.05) is 15.0 Å². The van der Waals surface area contributed by atoms with Crippen LogP contribution in [0.3, 0.4) is 0 Å². The number of rotatable bonds is 4. The fraction of sp³-hybridized carbons (Fsp3) is 0.0270. The van der Waals surface area contributed by atoms with Crippen LogP contribution in [0.15, 0.2) is 122 Å². The lowest BCUT2D eigenvalue weighted by atomic mass is 9.91. The van der Waals surface area contributed by atoms with Crippen molar-refractivity contribution in [2.24, 2.45) is 0 Å². The van der Waals surface area contributed by atoms with E-state index in [-0.39, 0.29) is 0 Å². The van der Waals surface area contributed by atoms with Crippen LogP contribution in [-0.2, 0) is 0 Å². The molecule has 180 valence electrons. The molecule has 0 saturated carbocycles. The van der Waals surface area contributed by atoms with E-state index in [0.29, 0.717) is 0 Å². The summed E-state index contributed by atoms with van der Waals surface area (Å²) >= 11 is 1.80. The molecule has 0 aliphatic rings. The molecule has 1 heterocycles. The Morgan fingerprint density at radius 3 is 1.66 bits per heavy atom. The van der Waals surface area contributed by atoms with Crippen LogP contribution in [-0.4, -0.2) is 0 Å². The van der Waals surface area contributed by atoms with Crippen LogP contribution in [0.1, 0.15) is 17.4 Å². The Morgan fingerprint density at radius 1 is 0.526 bits per heavy atom. The van der Waals surface area contributed by atoms with Crippen molar-refractivity contribution in [3.63, 3.8) is 0 Å². The van der Waals surface area contributed by atoms with E-state index < -0.39 is 0 Å². The summed E-state index contributed by atoms with van der Waals surface area (Å²) < 4.78 is 1.29. The Balaban J connectivity index is 1.39. The Kier molecular flexibility index (Phi) is 5.46. The molecule has 0 atom stereocenters. The van der Waals surface area contributed by atoms with E-state index in [0.717, 1.165) is 0 Å². The minimum Gasteiger partial charge on any atom is -0.135 e. The molecule has 38 heavy (non-hydrogen) atoms. The van der Waals surface area contributed by atoms with Crippen molar-refractivity contribution >= 4 is 65.9 Å². The van der Waals surface area contributed by atoms with E-state index in [1.54, 1.807) is 11.3 Å². The van der Waals surface area contributed by atoms with Crippen LogP contribution in [0.4, 0.5) is 0 Å². The largest absolute Gasteiger partial charge is 0.135 e. The van der Waals surface area contributed by atoms with E-state index in [2.05, 4.69) is 135 Å². The van der Waals surface area contributed by atoms with Crippen LogP contribution in [0.5, 0.6) is 0 Å². The Morgan fingerprint density at radius 2 is 1.05 bits per heavy atom. The van der Waals surface area contributed by atoms with Crippen molar-refractivity contribution in [1.82, 2.24) is 0 Å². The van der Waals surface area contributed by atoms with Gasteiger partial charge in [-0.05, 0) is 91.3 Å². The van der Waals surface area contributed by atoms with Crippen LogP contribution < -0.4 is 0 Å². The zero-order chi connectivity index (χ0) is 25.6. The van der Waals surface area contributed by atoms with E-state index in [1.807, 2.05) is 6.08 Å². The zero-order valence-electron chi connectivity index (χ0n) is 21.2. The normalized spacial score (nSPS) is 11.8. The first-order chi connectivity index (χ1) is 18.7. The molecule has 0 bridgehead atoms. The molecular formula is C37H26S. The zero-order valence-corrected chi connectivity index (χ0v) is 22.1. The highest BCUT2D eigenvalue weighted by molar-refractivity contribution is 7.20. The van der Waals surface area contributed by atoms with E-state index >= 15 is 0 Å². The van der Waals surface area contributed by atoms with Gasteiger partial charge in [0.05, 0.1) is 0 Å². The van der Waals surface area contributed by atoms with Crippen molar-refractivity contribution in [3.8, 4) is 22.3 Å². The summed E-state index contributed by atoms with van der Waals surface area (Å²) in [7, 11) is 0. The van der Waals surface area contributed by atoms with E-state index in [4.69, 9.17) is 0 Å². The van der Waals surface area contributed by atoms with E-state index in [1.165, 1.54) is 75.1 Å². The quantitative estimate of drug-likeness (QED) is 0.210. The molecule has 1 heteroatoms. The third kappa shape index (κ3) is 3.59. The lowest BCUT2D eigenvalue weighted by molar-refractivity contribution is 1.62. The van der Waals surface area contributed by atoms with Gasteiger partial charge in [0.15, 0.2) is 0 Å². The van der Waals surface area contributed by atoms with Crippen molar-refractivity contribution in [3.05, 3.63) is 132 Å². The van der Waals surface area contributed by atoms with Gasteiger partial charge in [-0.15, -0.1) is 11.3 Å². The maximum absolute atomic E-state index is 4.03. The summed E-state index contributed by atoms with van der Waals surface area (Å²) in [6, 6.07) is 40.2. The summed E-state index contributed by atoms with van der Waals surface area (Å²) in [5.41, 5.74) is 6.18. The number of benzene rings is 6. The molecule has 0 aliphatic carbocycles. The van der Waals surface area contributed by atoms with Crippen molar-refractivity contribution in [2.45, 2.75) is 6.92 Å². The molecule has 0 radical (unpaired) electrons. The lowest BCUT2D eigenvalue weighted by Crippen LogP contribution is -1.86. The predicted octanol–water partition coefficient (Wildman–Crippen LogP) is 11.4. The van der Waals surface area contributed by atoms with Gasteiger partial charge < -0.3 is 0 Å². The molecule has 7 aromatic rings. The van der Waals surface area contributed by atoms with Crippen LogP contribution in [0.25, 0.3) is 76.8 Å². The number of allylic oxidation sites excluding steroid dienone is 1. The maximum atomic E-state index is 4.03. The van der Waals surface area contributed by atoms with Crippen LogP contribution in [0.2, 0.25) is 0 Å². The Bertz CT molecular complexity index is 2020. The predicted molar refractivity (Wildman–Crippen MR) is 170 cm³/mol. The topological polar surface area (TPSA) is 0 Å². The number of hydrogen-bond acceptors (Lipinski definition) is 1. The smallest absolute Gasteiger partial charge is 0.0355 e. The summed E-state index contributed by atoms with van der Waals surface area (Å²) in [6.45, 7) is 6.10. The molecule has 0 fully saturated rings. The molecule has 0 spiro atoms. The van der Waals surface area contributed by atoms with Gasteiger partial charge in [-0.1, -0.05) is 110 Å². The average Bonchev–Trinajstić information content (AvgIpc) is 3.34. The Labute approximate surface area is 226 Å². The first kappa shape index (κ1) is 22.7.